The van der Waals surface area contributed by atoms with Gasteiger partial charge in [0.1, 0.15) is 6.10 Å². The fourth-order valence-corrected chi connectivity index (χ4v) is 0.667. The molecule has 0 saturated heterocycles. The molecule has 1 rings (SSSR count). The van der Waals surface area contributed by atoms with E-state index in [9.17, 15) is 4.79 Å². The van der Waals surface area contributed by atoms with Crippen LogP contribution in [0.2, 0.25) is 0 Å². The number of hydrogen-bond acceptors (Lipinski definition) is 6. The third-order valence-corrected chi connectivity index (χ3v) is 1.63. The summed E-state index contributed by atoms with van der Waals surface area (Å²) in [4.78, 5) is 9.77. The molecule has 6 heteroatoms. The Morgan fingerprint density at radius 2 is 1.90 bits per heavy atom. The Balaban J connectivity index is 0. The summed E-state index contributed by atoms with van der Waals surface area (Å²) in [6.45, 7) is 1.33. The first-order valence-electron chi connectivity index (χ1n) is 5.93. The lowest BCUT2D eigenvalue weighted by Gasteiger charge is -1.96. The molecule has 1 aromatic rings. The van der Waals surface area contributed by atoms with Crippen molar-refractivity contribution in [3.63, 3.8) is 0 Å². The van der Waals surface area contributed by atoms with Gasteiger partial charge in [0.05, 0.1) is 26.1 Å². The van der Waals surface area contributed by atoms with Crippen LogP contribution in [0.3, 0.4) is 0 Å². The zero-order valence-electron chi connectivity index (χ0n) is 11.4. The van der Waals surface area contributed by atoms with E-state index in [2.05, 4.69) is 4.42 Å². The lowest BCUT2D eigenvalue weighted by Crippen LogP contribution is -2.15. The van der Waals surface area contributed by atoms with Crippen molar-refractivity contribution in [1.29, 1.82) is 0 Å². The van der Waals surface area contributed by atoms with Crippen LogP contribution in [0.15, 0.2) is 47.1 Å². The molecule has 0 atom stereocenters. The largest absolute Gasteiger partial charge is 0.462 e. The molecule has 114 valence electrons. The first kappa shape index (κ1) is 20.6. The van der Waals surface area contributed by atoms with Crippen LogP contribution >= 0.6 is 0 Å². The molecular weight excluding hydrogens is 264 g/mol. The Bertz CT molecular complexity index is 339. The molecule has 0 fully saturated rings. The van der Waals surface area contributed by atoms with Gasteiger partial charge in [0, 0.05) is 0 Å². The van der Waals surface area contributed by atoms with Crippen LogP contribution < -0.4 is 0 Å². The first-order valence-corrected chi connectivity index (χ1v) is 5.93. The van der Waals surface area contributed by atoms with E-state index in [4.69, 9.17) is 20.4 Å². The van der Waals surface area contributed by atoms with Crippen LogP contribution in [0.5, 0.6) is 0 Å². The number of rotatable bonds is 5. The molecular formula is C14H22O6. The molecule has 4 N–H and O–H groups in total. The van der Waals surface area contributed by atoms with Gasteiger partial charge in [-0.3, -0.25) is 4.79 Å². The van der Waals surface area contributed by atoms with Crippen molar-refractivity contribution in [2.45, 2.75) is 13.0 Å². The van der Waals surface area contributed by atoms with E-state index in [-0.39, 0.29) is 19.8 Å². The minimum atomic E-state index is -0.954. The Hall–Kier alpha value is -1.73. The predicted molar refractivity (Wildman–Crippen MR) is 75.3 cm³/mol. The second kappa shape index (κ2) is 17.3. The van der Waals surface area contributed by atoms with Crippen LogP contribution in [0.25, 0.3) is 0 Å². The molecule has 20 heavy (non-hydrogen) atoms. The van der Waals surface area contributed by atoms with Crippen LogP contribution in [-0.2, 0) is 0 Å². The van der Waals surface area contributed by atoms with Crippen molar-refractivity contribution in [1.82, 2.24) is 0 Å². The van der Waals surface area contributed by atoms with E-state index >= 15 is 0 Å². The van der Waals surface area contributed by atoms with Gasteiger partial charge in [0.2, 0.25) is 0 Å². The molecule has 0 radical (unpaired) electrons. The quantitative estimate of drug-likeness (QED) is 0.464. The number of aliphatic hydroxyl groups excluding tert-OH is 4. The maximum absolute atomic E-state index is 9.77. The highest BCUT2D eigenvalue weighted by molar-refractivity contribution is 5.69. The summed E-state index contributed by atoms with van der Waals surface area (Å²) in [6, 6.07) is 3.27. The Morgan fingerprint density at radius 3 is 2.15 bits per heavy atom. The smallest absolute Gasteiger partial charge is 0.185 e. The highest BCUT2D eigenvalue weighted by atomic mass is 16.3. The summed E-state index contributed by atoms with van der Waals surface area (Å²) in [5.41, 5.74) is 0. The van der Waals surface area contributed by atoms with E-state index < -0.39 is 6.10 Å². The third-order valence-electron chi connectivity index (χ3n) is 1.63. The maximum atomic E-state index is 9.77. The van der Waals surface area contributed by atoms with Gasteiger partial charge in [-0.25, -0.2) is 0 Å². The topological polar surface area (TPSA) is 111 Å². The highest BCUT2D eigenvalue weighted by Gasteiger charge is 1.93. The monoisotopic (exact) mass is 286 g/mol. The zero-order valence-corrected chi connectivity index (χ0v) is 11.4. The molecule has 0 amide bonds. The standard InChI is InChI=1S/C6H10O.C5H4O2.C3H8O3/c1-2-3-4-5-6-7;6-4-5-2-1-3-7-5;4-1-3(6)2-5/h2-5,7H,6H2,1H3;1-4H;3-6H,1-2H2/b3-2+,5-4+;;. The normalized spacial score (nSPS) is 10.1. The van der Waals surface area contributed by atoms with Gasteiger partial charge in [-0.2, -0.15) is 0 Å². The molecule has 6 nitrogen and oxygen atoms in total. The summed E-state index contributed by atoms with van der Waals surface area (Å²) >= 11 is 0. The van der Waals surface area contributed by atoms with Gasteiger partial charge in [-0.1, -0.05) is 24.3 Å². The average molecular weight is 286 g/mol. The molecule has 0 aliphatic heterocycles. The lowest BCUT2D eigenvalue weighted by molar-refractivity contribution is 0.0450. The lowest BCUT2D eigenvalue weighted by atomic mass is 10.4. The number of allylic oxidation sites excluding steroid dienone is 3. The molecule has 0 aliphatic carbocycles. The van der Waals surface area contributed by atoms with Gasteiger partial charge in [0.25, 0.3) is 0 Å². The van der Waals surface area contributed by atoms with Crippen molar-refractivity contribution >= 4 is 6.29 Å². The minimum Gasteiger partial charge on any atom is -0.462 e. The number of hydrogen-bond donors (Lipinski definition) is 4. The number of aliphatic hydroxyl groups is 4. The van der Waals surface area contributed by atoms with Gasteiger partial charge in [0.15, 0.2) is 12.0 Å². The summed E-state index contributed by atoms with van der Waals surface area (Å²) in [5, 5.41) is 32.2. The van der Waals surface area contributed by atoms with E-state index in [1.54, 1.807) is 24.3 Å². The molecule has 1 aromatic heterocycles. The van der Waals surface area contributed by atoms with Gasteiger partial charge >= 0.3 is 0 Å². The third kappa shape index (κ3) is 16.3. The predicted octanol–water partition coefficient (Wildman–Crippen LogP) is 0.535. The molecule has 0 bridgehead atoms. The van der Waals surface area contributed by atoms with Crippen molar-refractivity contribution in [2.24, 2.45) is 0 Å². The van der Waals surface area contributed by atoms with E-state index in [1.165, 1.54) is 6.26 Å². The molecule has 0 spiro atoms. The summed E-state index contributed by atoms with van der Waals surface area (Å²) < 4.78 is 4.61. The second-order valence-electron chi connectivity index (χ2n) is 3.29. The van der Waals surface area contributed by atoms with Gasteiger partial charge < -0.3 is 24.8 Å². The summed E-state index contributed by atoms with van der Waals surface area (Å²) in [6.07, 6.45) is 8.44. The van der Waals surface area contributed by atoms with E-state index in [0.717, 1.165) is 0 Å². The van der Waals surface area contributed by atoms with E-state index in [0.29, 0.717) is 12.0 Å². The fourth-order valence-electron chi connectivity index (χ4n) is 0.667. The minimum absolute atomic E-state index is 0.129. The van der Waals surface area contributed by atoms with Gasteiger partial charge in [-0.05, 0) is 19.1 Å². The van der Waals surface area contributed by atoms with Gasteiger partial charge in [-0.15, -0.1) is 0 Å². The van der Waals surface area contributed by atoms with E-state index in [1.807, 2.05) is 19.1 Å². The molecule has 0 saturated carbocycles. The average Bonchev–Trinajstić information content (AvgIpc) is 3.02. The Kier molecular flexibility index (Phi) is 17.8. The van der Waals surface area contributed by atoms with Crippen molar-refractivity contribution in [3.05, 3.63) is 48.5 Å². The van der Waals surface area contributed by atoms with Crippen molar-refractivity contribution < 1.29 is 29.6 Å². The Morgan fingerprint density at radius 1 is 1.25 bits per heavy atom. The highest BCUT2D eigenvalue weighted by Crippen LogP contribution is 1.92. The summed E-state index contributed by atoms with van der Waals surface area (Å²) in [7, 11) is 0. The first-order chi connectivity index (χ1) is 9.65. The molecule has 1 heterocycles. The number of carbonyl (C=O) groups is 1. The number of furan rings is 1. The summed E-state index contributed by atoms with van der Waals surface area (Å²) in [5.74, 6) is 0.375. The second-order valence-corrected chi connectivity index (χ2v) is 3.29. The van der Waals surface area contributed by atoms with Crippen molar-refractivity contribution in [2.75, 3.05) is 19.8 Å². The molecule has 0 aromatic carbocycles. The number of aldehydes is 1. The van der Waals surface area contributed by atoms with Crippen LogP contribution in [0.4, 0.5) is 0 Å². The van der Waals surface area contributed by atoms with Crippen molar-refractivity contribution in [3.8, 4) is 0 Å². The molecule has 0 unspecified atom stereocenters. The number of carbonyl (C=O) groups excluding carboxylic acids is 1. The fraction of sp³-hybridized carbons (Fsp3) is 0.357. The molecule has 0 aliphatic rings. The Labute approximate surface area is 118 Å². The SMILES string of the molecule is C/C=C/C=C/CO.O=Cc1ccco1.OCC(O)CO. The maximum Gasteiger partial charge on any atom is 0.185 e. The van der Waals surface area contributed by atoms with Crippen LogP contribution in [0.1, 0.15) is 17.5 Å². The zero-order chi connectivity index (χ0) is 15.6. The van der Waals surface area contributed by atoms with Crippen LogP contribution in [-0.4, -0.2) is 52.6 Å². The van der Waals surface area contributed by atoms with Crippen LogP contribution in [0, 0.1) is 0 Å².